The maximum atomic E-state index is 12.2. The summed E-state index contributed by atoms with van der Waals surface area (Å²) in [4.78, 5) is 0. The number of hydrogen-bond donors (Lipinski definition) is 0. The van der Waals surface area contributed by atoms with Gasteiger partial charge in [0.05, 0.1) is 5.75 Å². The molecule has 1 rings (SSSR count). The van der Waals surface area contributed by atoms with Gasteiger partial charge in [-0.15, -0.1) is 3.89 Å². The molecular formula is C10H13FO2S. The third kappa shape index (κ3) is 3.87. The van der Waals surface area contributed by atoms with Crippen LogP contribution < -0.4 is 0 Å². The van der Waals surface area contributed by atoms with E-state index in [0.29, 0.717) is 0 Å². The molecule has 0 spiro atoms. The number of hydrogen-bond acceptors (Lipinski definition) is 2. The summed E-state index contributed by atoms with van der Waals surface area (Å²) in [6.07, 6.45) is 0.237. The van der Waals surface area contributed by atoms with Crippen molar-refractivity contribution < 1.29 is 12.3 Å². The highest BCUT2D eigenvalue weighted by molar-refractivity contribution is 7.86. The van der Waals surface area contributed by atoms with Crippen LogP contribution in [0.1, 0.15) is 16.7 Å². The normalized spacial score (nSPS) is 11.6. The number of halogens is 1. The van der Waals surface area contributed by atoms with Crippen LogP contribution in [0.4, 0.5) is 3.89 Å². The molecular weight excluding hydrogens is 203 g/mol. The van der Waals surface area contributed by atoms with Gasteiger partial charge in [0.1, 0.15) is 0 Å². The van der Waals surface area contributed by atoms with Crippen molar-refractivity contribution in [2.45, 2.75) is 20.3 Å². The fourth-order valence-corrected chi connectivity index (χ4v) is 1.93. The van der Waals surface area contributed by atoms with Crippen molar-refractivity contribution in [1.82, 2.24) is 0 Å². The molecule has 0 aromatic heterocycles. The molecule has 0 amide bonds. The summed E-state index contributed by atoms with van der Waals surface area (Å²) in [5, 5.41) is 0. The maximum Gasteiger partial charge on any atom is 0.302 e. The highest BCUT2D eigenvalue weighted by Crippen LogP contribution is 2.10. The second-order valence-electron chi connectivity index (χ2n) is 3.49. The molecule has 0 heterocycles. The Hall–Kier alpha value is -0.900. The minimum absolute atomic E-state index is 0.237. The Balaban J connectivity index is 2.78. The lowest BCUT2D eigenvalue weighted by molar-refractivity contribution is 0.551. The van der Waals surface area contributed by atoms with Crippen molar-refractivity contribution >= 4 is 10.2 Å². The number of benzene rings is 1. The highest BCUT2D eigenvalue weighted by atomic mass is 32.3. The van der Waals surface area contributed by atoms with E-state index in [-0.39, 0.29) is 6.42 Å². The Morgan fingerprint density at radius 2 is 1.64 bits per heavy atom. The van der Waals surface area contributed by atoms with E-state index in [9.17, 15) is 12.3 Å². The molecule has 78 valence electrons. The Labute approximate surface area is 84.0 Å². The molecule has 1 aromatic carbocycles. The molecule has 0 aliphatic carbocycles. The molecule has 4 heteroatoms. The maximum absolute atomic E-state index is 12.2. The Morgan fingerprint density at radius 3 is 2.07 bits per heavy atom. The first kappa shape index (κ1) is 11.2. The second kappa shape index (κ2) is 4.09. The summed E-state index contributed by atoms with van der Waals surface area (Å²) in [6, 6.07) is 5.74. The molecule has 0 fully saturated rings. The van der Waals surface area contributed by atoms with Crippen LogP contribution in [0.2, 0.25) is 0 Å². The average Bonchev–Trinajstić information content (AvgIpc) is 1.97. The van der Waals surface area contributed by atoms with Gasteiger partial charge in [0.15, 0.2) is 0 Å². The summed E-state index contributed by atoms with van der Waals surface area (Å²) in [5.74, 6) is -0.435. The van der Waals surface area contributed by atoms with Crippen LogP contribution in [0.25, 0.3) is 0 Å². The molecule has 0 saturated heterocycles. The third-order valence-electron chi connectivity index (χ3n) is 1.92. The van der Waals surface area contributed by atoms with E-state index in [1.165, 1.54) is 0 Å². The van der Waals surface area contributed by atoms with E-state index in [0.717, 1.165) is 16.7 Å². The van der Waals surface area contributed by atoms with Gasteiger partial charge in [-0.1, -0.05) is 29.3 Å². The zero-order valence-electron chi connectivity index (χ0n) is 8.25. The van der Waals surface area contributed by atoms with Crippen LogP contribution in [0.3, 0.4) is 0 Å². The fourth-order valence-electron chi connectivity index (χ4n) is 1.45. The first-order valence-corrected chi connectivity index (χ1v) is 5.91. The van der Waals surface area contributed by atoms with Gasteiger partial charge in [0, 0.05) is 0 Å². The molecule has 0 N–H and O–H groups in total. The van der Waals surface area contributed by atoms with Gasteiger partial charge in [-0.3, -0.25) is 0 Å². The largest absolute Gasteiger partial charge is 0.302 e. The standard InChI is InChI=1S/C10H13FO2S/c1-8-5-9(2)7-10(6-8)3-4-14(11,12)13/h5-7H,3-4H2,1-2H3. The van der Waals surface area contributed by atoms with Crippen molar-refractivity contribution in [2.75, 3.05) is 5.75 Å². The van der Waals surface area contributed by atoms with Gasteiger partial charge < -0.3 is 0 Å². The van der Waals surface area contributed by atoms with Crippen LogP contribution in [0.15, 0.2) is 18.2 Å². The minimum atomic E-state index is -4.35. The summed E-state index contributed by atoms with van der Waals surface area (Å²) in [6.45, 7) is 3.86. The topological polar surface area (TPSA) is 34.1 Å². The summed E-state index contributed by atoms with van der Waals surface area (Å²) >= 11 is 0. The van der Waals surface area contributed by atoms with E-state index in [4.69, 9.17) is 0 Å². The monoisotopic (exact) mass is 216 g/mol. The Kier molecular flexibility index (Phi) is 3.26. The second-order valence-corrected chi connectivity index (χ2v) is 4.97. The first-order valence-electron chi connectivity index (χ1n) is 4.36. The predicted octanol–water partition coefficient (Wildman–Crippen LogP) is 2.15. The van der Waals surface area contributed by atoms with Gasteiger partial charge in [-0.25, -0.2) is 0 Å². The van der Waals surface area contributed by atoms with Crippen molar-refractivity contribution in [3.63, 3.8) is 0 Å². The molecule has 0 aliphatic heterocycles. The van der Waals surface area contributed by atoms with Gasteiger partial charge in [0.2, 0.25) is 0 Å². The average molecular weight is 216 g/mol. The molecule has 0 saturated carbocycles. The van der Waals surface area contributed by atoms with Crippen molar-refractivity contribution in [3.05, 3.63) is 34.9 Å². The predicted molar refractivity (Wildman–Crippen MR) is 54.5 cm³/mol. The van der Waals surface area contributed by atoms with Crippen LogP contribution in [0.5, 0.6) is 0 Å². The fraction of sp³-hybridized carbons (Fsp3) is 0.400. The molecule has 0 aliphatic rings. The van der Waals surface area contributed by atoms with E-state index in [1.807, 2.05) is 32.0 Å². The van der Waals surface area contributed by atoms with Crippen molar-refractivity contribution in [2.24, 2.45) is 0 Å². The minimum Gasteiger partial charge on any atom is -0.195 e. The summed E-state index contributed by atoms with van der Waals surface area (Å²) < 4.78 is 32.9. The highest BCUT2D eigenvalue weighted by Gasteiger charge is 2.07. The quantitative estimate of drug-likeness (QED) is 0.725. The third-order valence-corrected chi connectivity index (χ3v) is 2.61. The van der Waals surface area contributed by atoms with Crippen LogP contribution >= 0.6 is 0 Å². The van der Waals surface area contributed by atoms with Gasteiger partial charge in [-0.2, -0.15) is 8.42 Å². The van der Waals surface area contributed by atoms with Crippen LogP contribution in [-0.4, -0.2) is 14.2 Å². The smallest absolute Gasteiger partial charge is 0.195 e. The van der Waals surface area contributed by atoms with Gasteiger partial charge in [0.25, 0.3) is 0 Å². The molecule has 0 atom stereocenters. The zero-order chi connectivity index (χ0) is 10.8. The van der Waals surface area contributed by atoms with Crippen LogP contribution in [-0.2, 0) is 16.6 Å². The lowest BCUT2D eigenvalue weighted by Crippen LogP contribution is -2.02. The molecule has 1 aromatic rings. The molecule has 14 heavy (non-hydrogen) atoms. The van der Waals surface area contributed by atoms with E-state index in [2.05, 4.69) is 0 Å². The summed E-state index contributed by atoms with van der Waals surface area (Å²) in [7, 11) is -4.35. The number of rotatable bonds is 3. The SMILES string of the molecule is Cc1cc(C)cc(CCS(=O)(=O)F)c1. The first-order chi connectivity index (χ1) is 6.37. The van der Waals surface area contributed by atoms with Gasteiger partial charge in [-0.05, 0) is 25.8 Å². The lowest BCUT2D eigenvalue weighted by atomic mass is 10.1. The van der Waals surface area contributed by atoms with Gasteiger partial charge >= 0.3 is 10.2 Å². The van der Waals surface area contributed by atoms with Crippen molar-refractivity contribution in [3.8, 4) is 0 Å². The summed E-state index contributed by atoms with van der Waals surface area (Å²) in [5.41, 5.74) is 3.00. The van der Waals surface area contributed by atoms with E-state index >= 15 is 0 Å². The molecule has 2 nitrogen and oxygen atoms in total. The van der Waals surface area contributed by atoms with E-state index in [1.54, 1.807) is 0 Å². The Morgan fingerprint density at radius 1 is 1.14 bits per heavy atom. The zero-order valence-corrected chi connectivity index (χ0v) is 9.07. The van der Waals surface area contributed by atoms with Crippen LogP contribution in [0, 0.1) is 13.8 Å². The molecule has 0 unspecified atom stereocenters. The number of aryl methyl sites for hydroxylation is 3. The molecule has 0 radical (unpaired) electrons. The lowest BCUT2D eigenvalue weighted by Gasteiger charge is -2.02. The van der Waals surface area contributed by atoms with E-state index < -0.39 is 16.0 Å². The van der Waals surface area contributed by atoms with Crippen molar-refractivity contribution in [1.29, 1.82) is 0 Å². The molecule has 0 bridgehead atoms. The Bertz CT molecular complexity index is 403.